The molecule has 2 heterocycles. The third-order valence-electron chi connectivity index (χ3n) is 3.55. The van der Waals surface area contributed by atoms with Crippen LogP contribution < -0.4 is 10.5 Å². The fourth-order valence-corrected chi connectivity index (χ4v) is 3.48. The van der Waals surface area contributed by atoms with Gasteiger partial charge in [-0.05, 0) is 40.8 Å². The van der Waals surface area contributed by atoms with Crippen LogP contribution in [0.4, 0.5) is 0 Å². The Morgan fingerprint density at radius 2 is 2.05 bits per heavy atom. The quantitative estimate of drug-likeness (QED) is 0.785. The molecule has 0 saturated carbocycles. The monoisotopic (exact) mass is 298 g/mol. The highest BCUT2D eigenvalue weighted by molar-refractivity contribution is 7.17. The van der Waals surface area contributed by atoms with E-state index in [0.717, 1.165) is 18.4 Å². The lowest BCUT2D eigenvalue weighted by molar-refractivity contribution is 0.397. The number of nitrogens with two attached hydrogens (primary N) is 1. The second-order valence-electron chi connectivity index (χ2n) is 5.13. The largest absolute Gasteiger partial charge is 0.481 e. The molecule has 0 fully saturated rings. The fraction of sp³-hybridized carbons (Fsp3) is 0.235. The first kappa shape index (κ1) is 14.0. The van der Waals surface area contributed by atoms with Crippen LogP contribution in [0.25, 0.3) is 10.1 Å². The van der Waals surface area contributed by atoms with Gasteiger partial charge in [0.1, 0.15) is 0 Å². The smallest absolute Gasteiger partial charge is 0.212 e. The molecule has 0 saturated heterocycles. The first-order chi connectivity index (χ1) is 10.3. The van der Waals surface area contributed by atoms with Gasteiger partial charge in [0.05, 0.1) is 7.11 Å². The van der Waals surface area contributed by atoms with E-state index in [1.807, 2.05) is 18.3 Å². The standard InChI is InChI=1S/C17H18N2OS/c1-20-17-7-6-12(10-19-17)8-14(18)9-13-11-21-16-5-3-2-4-15(13)16/h2-7,10-11,14H,8-9,18H2,1H3. The number of hydrogen-bond acceptors (Lipinski definition) is 4. The molecule has 0 aliphatic rings. The number of aromatic nitrogens is 1. The van der Waals surface area contributed by atoms with Crippen LogP contribution >= 0.6 is 11.3 Å². The van der Waals surface area contributed by atoms with Crippen molar-refractivity contribution in [3.05, 3.63) is 59.1 Å². The minimum absolute atomic E-state index is 0.0956. The summed E-state index contributed by atoms with van der Waals surface area (Å²) in [4.78, 5) is 4.22. The number of ether oxygens (including phenoxy) is 1. The van der Waals surface area contributed by atoms with Crippen LogP contribution in [-0.2, 0) is 12.8 Å². The molecule has 0 bridgehead atoms. The van der Waals surface area contributed by atoms with E-state index in [4.69, 9.17) is 10.5 Å². The van der Waals surface area contributed by atoms with Crippen molar-refractivity contribution in [2.45, 2.75) is 18.9 Å². The topological polar surface area (TPSA) is 48.1 Å². The van der Waals surface area contributed by atoms with Gasteiger partial charge in [0.2, 0.25) is 5.88 Å². The van der Waals surface area contributed by atoms with Crippen molar-refractivity contribution in [3.63, 3.8) is 0 Å². The molecule has 2 aromatic heterocycles. The van der Waals surface area contributed by atoms with E-state index in [0.29, 0.717) is 5.88 Å². The third kappa shape index (κ3) is 3.23. The van der Waals surface area contributed by atoms with Crippen molar-refractivity contribution >= 4 is 21.4 Å². The molecule has 0 spiro atoms. The minimum Gasteiger partial charge on any atom is -0.481 e. The van der Waals surface area contributed by atoms with E-state index in [1.54, 1.807) is 18.4 Å². The molecule has 21 heavy (non-hydrogen) atoms. The van der Waals surface area contributed by atoms with Crippen molar-refractivity contribution in [1.29, 1.82) is 0 Å². The molecule has 1 atom stereocenters. The van der Waals surface area contributed by atoms with Crippen LogP contribution in [0.15, 0.2) is 48.0 Å². The Labute approximate surface area is 128 Å². The lowest BCUT2D eigenvalue weighted by Crippen LogP contribution is -2.25. The van der Waals surface area contributed by atoms with Crippen LogP contribution in [0.3, 0.4) is 0 Å². The molecule has 3 nitrogen and oxygen atoms in total. The number of thiophene rings is 1. The van der Waals surface area contributed by atoms with E-state index in [1.165, 1.54) is 15.6 Å². The zero-order valence-corrected chi connectivity index (χ0v) is 12.8. The summed E-state index contributed by atoms with van der Waals surface area (Å²) in [5, 5.41) is 3.54. The lowest BCUT2D eigenvalue weighted by Gasteiger charge is -2.11. The Balaban J connectivity index is 1.69. The summed E-state index contributed by atoms with van der Waals surface area (Å²) in [7, 11) is 1.62. The van der Waals surface area contributed by atoms with Crippen molar-refractivity contribution in [3.8, 4) is 5.88 Å². The summed E-state index contributed by atoms with van der Waals surface area (Å²) in [5.41, 5.74) is 8.78. The second-order valence-corrected chi connectivity index (χ2v) is 6.05. The molecule has 0 aliphatic carbocycles. The molecule has 0 radical (unpaired) electrons. The first-order valence-electron chi connectivity index (χ1n) is 6.96. The van der Waals surface area contributed by atoms with Gasteiger partial charge in [0.15, 0.2) is 0 Å². The Bertz CT molecular complexity index is 721. The van der Waals surface area contributed by atoms with Gasteiger partial charge in [0, 0.05) is 23.0 Å². The van der Waals surface area contributed by atoms with Crippen molar-refractivity contribution in [2.24, 2.45) is 5.73 Å². The van der Waals surface area contributed by atoms with Gasteiger partial charge in [-0.15, -0.1) is 11.3 Å². The predicted molar refractivity (Wildman–Crippen MR) is 88.0 cm³/mol. The SMILES string of the molecule is COc1ccc(CC(N)Cc2csc3ccccc23)cn1. The number of benzene rings is 1. The summed E-state index contributed by atoms with van der Waals surface area (Å²) in [6.45, 7) is 0. The van der Waals surface area contributed by atoms with E-state index >= 15 is 0 Å². The Morgan fingerprint density at radius 1 is 1.19 bits per heavy atom. The maximum Gasteiger partial charge on any atom is 0.212 e. The lowest BCUT2D eigenvalue weighted by atomic mass is 10.0. The van der Waals surface area contributed by atoms with Gasteiger partial charge in [-0.25, -0.2) is 4.98 Å². The van der Waals surface area contributed by atoms with Crippen molar-refractivity contribution in [1.82, 2.24) is 4.98 Å². The Hall–Kier alpha value is -1.91. The fourth-order valence-electron chi connectivity index (χ4n) is 2.50. The summed E-state index contributed by atoms with van der Waals surface area (Å²) in [6.07, 6.45) is 3.54. The molecule has 1 unspecified atom stereocenters. The maximum absolute atomic E-state index is 6.30. The molecule has 0 aliphatic heterocycles. The predicted octanol–water partition coefficient (Wildman–Crippen LogP) is 3.42. The zero-order chi connectivity index (χ0) is 14.7. The van der Waals surface area contributed by atoms with Gasteiger partial charge >= 0.3 is 0 Å². The molecule has 3 aromatic rings. The molecular formula is C17H18N2OS. The molecule has 1 aromatic carbocycles. The molecule has 3 rings (SSSR count). The van der Waals surface area contributed by atoms with Crippen molar-refractivity contribution in [2.75, 3.05) is 7.11 Å². The number of nitrogens with zero attached hydrogens (tertiary/aromatic N) is 1. The van der Waals surface area contributed by atoms with Gasteiger partial charge in [-0.1, -0.05) is 24.3 Å². The highest BCUT2D eigenvalue weighted by atomic mass is 32.1. The average Bonchev–Trinajstić information content (AvgIpc) is 2.91. The molecule has 2 N–H and O–H groups in total. The van der Waals surface area contributed by atoms with Gasteiger partial charge in [0.25, 0.3) is 0 Å². The molecule has 108 valence electrons. The summed E-state index contributed by atoms with van der Waals surface area (Å²) < 4.78 is 6.39. The molecule has 0 amide bonds. The van der Waals surface area contributed by atoms with Gasteiger partial charge < -0.3 is 10.5 Å². The number of fused-ring (bicyclic) bond motifs is 1. The van der Waals surface area contributed by atoms with Crippen LogP contribution in [0.1, 0.15) is 11.1 Å². The minimum atomic E-state index is 0.0956. The number of methoxy groups -OCH3 is 1. The van der Waals surface area contributed by atoms with E-state index in [-0.39, 0.29) is 6.04 Å². The summed E-state index contributed by atoms with van der Waals surface area (Å²) >= 11 is 1.78. The van der Waals surface area contributed by atoms with E-state index in [2.05, 4.69) is 34.6 Å². The van der Waals surface area contributed by atoms with Gasteiger partial charge in [-0.3, -0.25) is 0 Å². The zero-order valence-electron chi connectivity index (χ0n) is 12.0. The average molecular weight is 298 g/mol. The Kier molecular flexibility index (Phi) is 4.18. The normalized spacial score (nSPS) is 12.5. The van der Waals surface area contributed by atoms with Crippen LogP contribution in [-0.4, -0.2) is 18.1 Å². The second kappa shape index (κ2) is 6.24. The first-order valence-corrected chi connectivity index (χ1v) is 7.84. The van der Waals surface area contributed by atoms with Crippen LogP contribution in [0.2, 0.25) is 0 Å². The van der Waals surface area contributed by atoms with Crippen molar-refractivity contribution < 1.29 is 4.74 Å². The number of hydrogen-bond donors (Lipinski definition) is 1. The van der Waals surface area contributed by atoms with Gasteiger partial charge in [-0.2, -0.15) is 0 Å². The molecule has 4 heteroatoms. The Morgan fingerprint density at radius 3 is 2.81 bits per heavy atom. The number of rotatable bonds is 5. The van der Waals surface area contributed by atoms with Crippen LogP contribution in [0.5, 0.6) is 5.88 Å². The van der Waals surface area contributed by atoms with Crippen LogP contribution in [0, 0.1) is 0 Å². The number of pyridine rings is 1. The summed E-state index contributed by atoms with van der Waals surface area (Å²) in [5.74, 6) is 0.635. The third-order valence-corrected chi connectivity index (χ3v) is 4.56. The molecular weight excluding hydrogens is 280 g/mol. The maximum atomic E-state index is 6.30. The van der Waals surface area contributed by atoms with E-state index in [9.17, 15) is 0 Å². The highest BCUT2D eigenvalue weighted by Crippen LogP contribution is 2.26. The van der Waals surface area contributed by atoms with E-state index < -0.39 is 0 Å². The highest BCUT2D eigenvalue weighted by Gasteiger charge is 2.10. The summed E-state index contributed by atoms with van der Waals surface area (Å²) in [6, 6.07) is 12.5.